The summed E-state index contributed by atoms with van der Waals surface area (Å²) >= 11 is 0. The van der Waals surface area contributed by atoms with Crippen molar-refractivity contribution in [1.29, 1.82) is 0 Å². The summed E-state index contributed by atoms with van der Waals surface area (Å²) in [7, 11) is -1.75. The first-order valence-electron chi connectivity index (χ1n) is 29.5. The summed E-state index contributed by atoms with van der Waals surface area (Å²) < 4.78 is 12.9. The maximum absolute atomic E-state index is 7.12. The normalized spacial score (nSPS) is 12.0. The second-order valence-corrected chi connectivity index (χ2v) is 24.5. The van der Waals surface area contributed by atoms with Crippen molar-refractivity contribution in [2.24, 2.45) is 0 Å². The quantitative estimate of drug-likeness (QED) is 0.0448. The van der Waals surface area contributed by atoms with Gasteiger partial charge in [-0.2, -0.15) is 0 Å². The van der Waals surface area contributed by atoms with E-state index in [1.807, 2.05) is 0 Å². The molecule has 0 fully saturated rings. The van der Waals surface area contributed by atoms with E-state index in [0.717, 1.165) is 19.8 Å². The van der Waals surface area contributed by atoms with Crippen molar-refractivity contribution in [3.63, 3.8) is 0 Å². The van der Waals surface area contributed by atoms with Gasteiger partial charge in [0.25, 0.3) is 0 Å². The first-order valence-corrected chi connectivity index (χ1v) is 32.0. The van der Waals surface area contributed by atoms with Crippen LogP contribution in [0.15, 0.2) is 0 Å². The van der Waals surface area contributed by atoms with Gasteiger partial charge in [0.15, 0.2) is 8.32 Å². The largest absolute Gasteiger partial charge is 0.414 e. The molecule has 0 aromatic rings. The Morgan fingerprint density at radius 1 is 0.213 bits per heavy atom. The number of rotatable bonds is 56. The van der Waals surface area contributed by atoms with Crippen LogP contribution in [-0.4, -0.2) is 28.1 Å². The number of hydrogen-bond acceptors (Lipinski definition) is 2. The molecule has 0 aliphatic carbocycles. The molecule has 61 heavy (non-hydrogen) atoms. The van der Waals surface area contributed by atoms with Crippen LogP contribution in [0.25, 0.3) is 0 Å². The van der Waals surface area contributed by atoms with Crippen molar-refractivity contribution in [1.82, 2.24) is 0 Å². The highest BCUT2D eigenvalue weighted by Crippen LogP contribution is 2.31. The van der Waals surface area contributed by atoms with Crippen LogP contribution in [0.5, 0.6) is 0 Å². The van der Waals surface area contributed by atoms with Gasteiger partial charge in [-0.05, 0) is 25.1 Å². The second kappa shape index (κ2) is 54.5. The smallest absolute Gasteiger partial charge is 0.192 e. The zero-order valence-corrected chi connectivity index (χ0v) is 44.5. The fourth-order valence-electron chi connectivity index (χ4n) is 10.0. The first-order chi connectivity index (χ1) is 30.2. The molecule has 2 nitrogen and oxygen atoms in total. The molecule has 0 spiro atoms. The minimum absolute atomic E-state index is 0.794. The number of ether oxygens (including phenoxy) is 1. The third-order valence-corrected chi connectivity index (χ3v) is 18.9. The summed E-state index contributed by atoms with van der Waals surface area (Å²) in [4.78, 5) is 0. The molecule has 3 heteroatoms. The van der Waals surface area contributed by atoms with E-state index < -0.39 is 8.32 Å². The summed E-state index contributed by atoms with van der Waals surface area (Å²) in [6.45, 7) is 11.5. The lowest BCUT2D eigenvalue weighted by molar-refractivity contribution is 0.105. The highest BCUT2D eigenvalue weighted by molar-refractivity contribution is 6.73. The number of unbranched alkanes of at least 4 members (excludes halogenated alkanes) is 45. The van der Waals surface area contributed by atoms with E-state index in [1.54, 1.807) is 0 Å². The molecule has 0 amide bonds. The lowest BCUT2D eigenvalue weighted by atomic mass is 10.0. The van der Waals surface area contributed by atoms with Crippen molar-refractivity contribution >= 4 is 8.32 Å². The minimum Gasteiger partial charge on any atom is -0.414 e. The van der Waals surface area contributed by atoms with Crippen LogP contribution in [0.1, 0.15) is 336 Å². The highest BCUT2D eigenvalue weighted by Gasteiger charge is 2.33. The van der Waals surface area contributed by atoms with E-state index in [0.29, 0.717) is 0 Å². The monoisotopic (exact) mass is 877 g/mol. The molecular formula is C58H120O2Si. The van der Waals surface area contributed by atoms with E-state index in [1.165, 1.54) is 326 Å². The molecule has 0 aromatic carbocycles. The van der Waals surface area contributed by atoms with Gasteiger partial charge >= 0.3 is 0 Å². The molecule has 0 radical (unpaired) electrons. The maximum Gasteiger partial charge on any atom is 0.192 e. The van der Waals surface area contributed by atoms with Crippen molar-refractivity contribution in [3.8, 4) is 0 Å². The Kier molecular flexibility index (Phi) is 54.6. The molecule has 0 bridgehead atoms. The van der Waals surface area contributed by atoms with Crippen LogP contribution < -0.4 is 0 Å². The van der Waals surface area contributed by atoms with Gasteiger partial charge in [-0.3, -0.25) is 0 Å². The Hall–Kier alpha value is 0.137. The van der Waals surface area contributed by atoms with E-state index >= 15 is 0 Å². The molecule has 368 valence electrons. The summed E-state index contributed by atoms with van der Waals surface area (Å²) in [5, 5.41) is 0. The predicted octanol–water partition coefficient (Wildman–Crippen LogP) is 21.8. The molecule has 0 rings (SSSR count). The maximum atomic E-state index is 7.12. The Bertz CT molecular complexity index is 668. The van der Waals surface area contributed by atoms with Gasteiger partial charge in [0.1, 0.15) is 0 Å². The van der Waals surface area contributed by atoms with Gasteiger partial charge in [-0.1, -0.05) is 329 Å². The second-order valence-electron chi connectivity index (χ2n) is 20.4. The van der Waals surface area contributed by atoms with Crippen LogP contribution in [-0.2, 0) is 9.16 Å². The van der Waals surface area contributed by atoms with Gasteiger partial charge in [-0.15, -0.1) is 0 Å². The van der Waals surface area contributed by atoms with Gasteiger partial charge in [0, 0.05) is 6.61 Å². The highest BCUT2D eigenvalue weighted by atomic mass is 28.4. The van der Waals surface area contributed by atoms with E-state index in [-0.39, 0.29) is 0 Å². The summed E-state index contributed by atoms with van der Waals surface area (Å²) in [5.74, 6) is 0. The molecule has 0 atom stereocenters. The molecular weight excluding hydrogens is 757 g/mol. The van der Waals surface area contributed by atoms with Gasteiger partial charge in [0.05, 0.1) is 13.2 Å². The zero-order valence-electron chi connectivity index (χ0n) is 43.5. The Morgan fingerprint density at radius 3 is 0.574 bits per heavy atom. The summed E-state index contributed by atoms with van der Waals surface area (Å²) in [6.07, 6.45) is 69.7. The molecule has 0 unspecified atom stereocenters. The van der Waals surface area contributed by atoms with E-state index in [9.17, 15) is 0 Å². The molecule has 0 aromatic heterocycles. The van der Waals surface area contributed by atoms with Gasteiger partial charge in [-0.25, -0.2) is 0 Å². The fraction of sp³-hybridized carbons (Fsp3) is 1.00. The van der Waals surface area contributed by atoms with E-state index in [2.05, 4.69) is 27.7 Å². The van der Waals surface area contributed by atoms with Crippen LogP contribution in [0, 0.1) is 0 Å². The first kappa shape index (κ1) is 61.1. The topological polar surface area (TPSA) is 18.5 Å². The van der Waals surface area contributed by atoms with Crippen molar-refractivity contribution < 1.29 is 9.16 Å². The number of hydrogen-bond donors (Lipinski definition) is 0. The third-order valence-electron chi connectivity index (χ3n) is 14.3. The fourth-order valence-corrected chi connectivity index (χ4v) is 14.4. The summed E-state index contributed by atoms with van der Waals surface area (Å²) in [5.41, 5.74) is 0. The van der Waals surface area contributed by atoms with Crippen molar-refractivity contribution in [3.05, 3.63) is 0 Å². The van der Waals surface area contributed by atoms with Crippen LogP contribution >= 0.6 is 0 Å². The molecule has 0 aliphatic rings. The SMILES string of the molecule is CCCCCCCCCCCCCCCCCC[Si](CCCCCCCCCCCCCCCCCC)(CCCCCCCCCCCCCCCCCC)OCCOCC. The van der Waals surface area contributed by atoms with Gasteiger partial charge < -0.3 is 9.16 Å². The van der Waals surface area contributed by atoms with Crippen LogP contribution in [0.3, 0.4) is 0 Å². The molecule has 0 saturated carbocycles. The van der Waals surface area contributed by atoms with Gasteiger partial charge in [0.2, 0.25) is 0 Å². The zero-order chi connectivity index (χ0) is 44.1. The Balaban J connectivity index is 4.57. The van der Waals surface area contributed by atoms with Crippen LogP contribution in [0.4, 0.5) is 0 Å². The average Bonchev–Trinajstić information content (AvgIpc) is 3.27. The lowest BCUT2D eigenvalue weighted by Crippen LogP contribution is -2.39. The van der Waals surface area contributed by atoms with Crippen molar-refractivity contribution in [2.45, 2.75) is 354 Å². The third kappa shape index (κ3) is 49.4. The van der Waals surface area contributed by atoms with Crippen molar-refractivity contribution in [2.75, 3.05) is 19.8 Å². The Labute approximate surface area is 389 Å². The standard InChI is InChI=1S/C58H120O2Si/c1-5-9-12-15-18-21-24-27-30-33-36-39-42-45-48-51-56-61(60-55-54-59-8-4,57-52-49-46-43-40-37-34-31-28-25-22-19-16-13-10-6-2)58-53-50-47-44-41-38-35-32-29-26-23-20-17-14-11-7-3/h5-58H2,1-4H3. The Morgan fingerprint density at radius 2 is 0.393 bits per heavy atom. The molecule has 0 heterocycles. The lowest BCUT2D eigenvalue weighted by Gasteiger charge is -2.32. The summed E-state index contributed by atoms with van der Waals surface area (Å²) in [6, 6.07) is 4.24. The predicted molar refractivity (Wildman–Crippen MR) is 281 cm³/mol. The minimum atomic E-state index is -1.75. The average molecular weight is 878 g/mol. The van der Waals surface area contributed by atoms with E-state index in [4.69, 9.17) is 9.16 Å². The molecule has 0 aliphatic heterocycles. The van der Waals surface area contributed by atoms with Crippen LogP contribution in [0.2, 0.25) is 18.1 Å². The molecule has 0 saturated heterocycles. The molecule has 0 N–H and O–H groups in total.